The summed E-state index contributed by atoms with van der Waals surface area (Å²) in [5, 5.41) is 8.74. The van der Waals surface area contributed by atoms with Crippen LogP contribution in [0.1, 0.15) is 18.1 Å². The summed E-state index contributed by atoms with van der Waals surface area (Å²) in [6.45, 7) is 3.49. The standard InChI is InChI=1S/C18H18FNO/c1-2-20(18-10-8-17(19)9-11-18)14-16-6-3-5-15(13-16)7-4-12-21/h3,5-6,8-11,13,21H,2,12,14H2,1H3. The minimum absolute atomic E-state index is 0.138. The van der Waals surface area contributed by atoms with Crippen LogP contribution in [0.25, 0.3) is 0 Å². The van der Waals surface area contributed by atoms with Crippen molar-refractivity contribution in [3.8, 4) is 11.8 Å². The smallest absolute Gasteiger partial charge is 0.123 e. The zero-order valence-electron chi connectivity index (χ0n) is 12.0. The van der Waals surface area contributed by atoms with Crippen molar-refractivity contribution < 1.29 is 9.50 Å². The zero-order valence-corrected chi connectivity index (χ0v) is 12.0. The van der Waals surface area contributed by atoms with E-state index in [2.05, 4.69) is 23.7 Å². The second-order valence-corrected chi connectivity index (χ2v) is 4.65. The van der Waals surface area contributed by atoms with Gasteiger partial charge in [0.05, 0.1) is 0 Å². The van der Waals surface area contributed by atoms with Crippen LogP contribution in [0.3, 0.4) is 0 Å². The van der Waals surface area contributed by atoms with Crippen LogP contribution in [0.5, 0.6) is 0 Å². The summed E-state index contributed by atoms with van der Waals surface area (Å²) >= 11 is 0. The second kappa shape index (κ2) is 7.47. The van der Waals surface area contributed by atoms with E-state index in [1.165, 1.54) is 12.1 Å². The van der Waals surface area contributed by atoms with E-state index in [4.69, 9.17) is 5.11 Å². The number of aliphatic hydroxyl groups is 1. The molecule has 2 nitrogen and oxygen atoms in total. The van der Waals surface area contributed by atoms with Gasteiger partial charge in [0.1, 0.15) is 12.4 Å². The predicted molar refractivity (Wildman–Crippen MR) is 83.5 cm³/mol. The number of halogens is 1. The number of hydrogen-bond acceptors (Lipinski definition) is 2. The lowest BCUT2D eigenvalue weighted by Gasteiger charge is -2.23. The lowest BCUT2D eigenvalue weighted by atomic mass is 10.1. The Morgan fingerprint density at radius 2 is 1.90 bits per heavy atom. The third kappa shape index (κ3) is 4.34. The zero-order chi connectivity index (χ0) is 15.1. The highest BCUT2D eigenvalue weighted by atomic mass is 19.1. The number of hydrogen-bond donors (Lipinski definition) is 1. The second-order valence-electron chi connectivity index (χ2n) is 4.65. The average molecular weight is 283 g/mol. The lowest BCUT2D eigenvalue weighted by Crippen LogP contribution is -2.21. The number of rotatable bonds is 4. The summed E-state index contributed by atoms with van der Waals surface area (Å²) < 4.78 is 13.0. The third-order valence-corrected chi connectivity index (χ3v) is 3.19. The molecule has 0 aliphatic carbocycles. The SMILES string of the molecule is CCN(Cc1cccc(C#CCO)c1)c1ccc(F)cc1. The molecule has 0 amide bonds. The van der Waals surface area contributed by atoms with Crippen LogP contribution >= 0.6 is 0 Å². The van der Waals surface area contributed by atoms with Crippen molar-refractivity contribution in [1.82, 2.24) is 0 Å². The van der Waals surface area contributed by atoms with Crippen LogP contribution in [0.15, 0.2) is 48.5 Å². The van der Waals surface area contributed by atoms with Crippen LogP contribution in [0, 0.1) is 17.7 Å². The van der Waals surface area contributed by atoms with Gasteiger partial charge in [-0.15, -0.1) is 0 Å². The van der Waals surface area contributed by atoms with Crippen molar-refractivity contribution in [2.24, 2.45) is 0 Å². The molecule has 2 rings (SSSR count). The van der Waals surface area contributed by atoms with Gasteiger partial charge < -0.3 is 10.0 Å². The molecule has 0 spiro atoms. The first-order chi connectivity index (χ1) is 10.2. The maximum absolute atomic E-state index is 13.0. The van der Waals surface area contributed by atoms with Crippen LogP contribution in [-0.2, 0) is 6.54 Å². The fraction of sp³-hybridized carbons (Fsp3) is 0.222. The molecule has 1 N–H and O–H groups in total. The summed E-state index contributed by atoms with van der Waals surface area (Å²) in [5.74, 6) is 5.33. The quantitative estimate of drug-likeness (QED) is 0.871. The molecule has 0 saturated carbocycles. The van der Waals surface area contributed by atoms with Gasteiger partial charge in [-0.3, -0.25) is 0 Å². The van der Waals surface area contributed by atoms with Crippen molar-refractivity contribution in [3.63, 3.8) is 0 Å². The summed E-state index contributed by atoms with van der Waals surface area (Å²) in [6.07, 6.45) is 0. The highest BCUT2D eigenvalue weighted by Gasteiger charge is 2.05. The number of anilines is 1. The third-order valence-electron chi connectivity index (χ3n) is 3.19. The Kier molecular flexibility index (Phi) is 5.36. The van der Waals surface area contributed by atoms with Crippen molar-refractivity contribution in [1.29, 1.82) is 0 Å². The molecule has 0 saturated heterocycles. The van der Waals surface area contributed by atoms with Crippen molar-refractivity contribution in [3.05, 3.63) is 65.5 Å². The van der Waals surface area contributed by atoms with Gasteiger partial charge in [0.2, 0.25) is 0 Å². The molecule has 0 aliphatic heterocycles. The maximum Gasteiger partial charge on any atom is 0.123 e. The number of benzene rings is 2. The Morgan fingerprint density at radius 1 is 1.14 bits per heavy atom. The fourth-order valence-electron chi connectivity index (χ4n) is 2.15. The van der Waals surface area contributed by atoms with Gasteiger partial charge in [0.15, 0.2) is 0 Å². The highest BCUT2D eigenvalue weighted by molar-refractivity contribution is 5.47. The first-order valence-electron chi connectivity index (χ1n) is 6.92. The lowest BCUT2D eigenvalue weighted by molar-refractivity contribution is 0.350. The Labute approximate surface area is 124 Å². The van der Waals surface area contributed by atoms with Crippen LogP contribution < -0.4 is 4.90 Å². The fourth-order valence-corrected chi connectivity index (χ4v) is 2.15. The number of aliphatic hydroxyl groups excluding tert-OH is 1. The van der Waals surface area contributed by atoms with E-state index in [9.17, 15) is 4.39 Å². The molecule has 0 bridgehead atoms. The molecule has 0 aliphatic rings. The summed E-state index contributed by atoms with van der Waals surface area (Å²) in [7, 11) is 0. The molecule has 0 radical (unpaired) electrons. The van der Waals surface area contributed by atoms with Gasteiger partial charge in [0.25, 0.3) is 0 Å². The van der Waals surface area contributed by atoms with E-state index in [0.717, 1.165) is 29.9 Å². The normalized spacial score (nSPS) is 9.86. The van der Waals surface area contributed by atoms with E-state index in [1.807, 2.05) is 24.3 Å². The first-order valence-corrected chi connectivity index (χ1v) is 6.92. The van der Waals surface area contributed by atoms with Crippen molar-refractivity contribution in [2.45, 2.75) is 13.5 Å². The van der Waals surface area contributed by atoms with Gasteiger partial charge in [-0.2, -0.15) is 0 Å². The predicted octanol–water partition coefficient (Wildman–Crippen LogP) is 3.20. The van der Waals surface area contributed by atoms with Crippen molar-refractivity contribution in [2.75, 3.05) is 18.1 Å². The number of nitrogens with zero attached hydrogens (tertiary/aromatic N) is 1. The Hall–Kier alpha value is -2.31. The molecule has 2 aromatic rings. The highest BCUT2D eigenvalue weighted by Crippen LogP contribution is 2.18. The molecular formula is C18H18FNO. The minimum atomic E-state index is -0.226. The Balaban J connectivity index is 2.16. The topological polar surface area (TPSA) is 23.5 Å². The van der Waals surface area contributed by atoms with Crippen LogP contribution in [0.2, 0.25) is 0 Å². The van der Waals surface area contributed by atoms with Gasteiger partial charge in [-0.25, -0.2) is 4.39 Å². The molecule has 0 fully saturated rings. The van der Waals surface area contributed by atoms with Gasteiger partial charge >= 0.3 is 0 Å². The van der Waals surface area contributed by atoms with E-state index >= 15 is 0 Å². The maximum atomic E-state index is 13.0. The minimum Gasteiger partial charge on any atom is -0.384 e. The van der Waals surface area contributed by atoms with Crippen molar-refractivity contribution >= 4 is 5.69 Å². The van der Waals surface area contributed by atoms with Gasteiger partial charge in [-0.1, -0.05) is 24.0 Å². The molecule has 21 heavy (non-hydrogen) atoms. The monoisotopic (exact) mass is 283 g/mol. The molecule has 0 aromatic heterocycles. The van der Waals surface area contributed by atoms with E-state index in [-0.39, 0.29) is 12.4 Å². The van der Waals surface area contributed by atoms with E-state index in [0.29, 0.717) is 0 Å². The summed E-state index contributed by atoms with van der Waals surface area (Å²) in [5.41, 5.74) is 3.01. The molecule has 0 unspecified atom stereocenters. The molecule has 2 aromatic carbocycles. The Morgan fingerprint density at radius 3 is 2.57 bits per heavy atom. The molecule has 3 heteroatoms. The summed E-state index contributed by atoms with van der Waals surface area (Å²) in [4.78, 5) is 2.16. The van der Waals surface area contributed by atoms with E-state index < -0.39 is 0 Å². The molecule has 0 heterocycles. The molecular weight excluding hydrogens is 265 g/mol. The van der Waals surface area contributed by atoms with Gasteiger partial charge in [0, 0.05) is 24.3 Å². The average Bonchev–Trinajstić information content (AvgIpc) is 2.52. The van der Waals surface area contributed by atoms with Crippen LogP contribution in [-0.4, -0.2) is 18.3 Å². The molecule has 0 atom stereocenters. The Bertz CT molecular complexity index is 640. The first kappa shape index (κ1) is 15.1. The van der Waals surface area contributed by atoms with Gasteiger partial charge in [-0.05, 0) is 48.9 Å². The largest absolute Gasteiger partial charge is 0.384 e. The van der Waals surface area contributed by atoms with Crippen LogP contribution in [0.4, 0.5) is 10.1 Å². The van der Waals surface area contributed by atoms with E-state index in [1.54, 1.807) is 12.1 Å². The molecule has 108 valence electrons. The summed E-state index contributed by atoms with van der Waals surface area (Å²) in [6, 6.07) is 14.4.